The van der Waals surface area contributed by atoms with Crippen molar-refractivity contribution in [3.8, 4) is 0 Å². The van der Waals surface area contributed by atoms with E-state index in [1.165, 1.54) is 44.5 Å². The van der Waals surface area contributed by atoms with E-state index >= 15 is 0 Å². The van der Waals surface area contributed by atoms with E-state index in [2.05, 4.69) is 22.3 Å². The molecule has 1 saturated carbocycles. The van der Waals surface area contributed by atoms with Gasteiger partial charge in [-0.25, -0.2) is 0 Å². The van der Waals surface area contributed by atoms with Gasteiger partial charge in [-0.05, 0) is 73.9 Å². The standard InChI is InChI=1S/C22H27N3O/c23-20-3-1-2-4-21(20)24-22(26)19-9-7-16(8-10-19)13-18-11-12-25(15-18)14-17-5-6-17/h1-4,7-10,17-18H,5-6,11-15,23H2,(H,24,26). The average Bonchev–Trinajstić information content (AvgIpc) is 3.35. The summed E-state index contributed by atoms with van der Waals surface area (Å²) in [6, 6.07) is 15.3. The lowest BCUT2D eigenvalue weighted by Crippen LogP contribution is -2.23. The lowest BCUT2D eigenvalue weighted by Gasteiger charge is -2.15. The summed E-state index contributed by atoms with van der Waals surface area (Å²) in [7, 11) is 0. The molecule has 1 unspecified atom stereocenters. The molecule has 1 heterocycles. The molecule has 2 aromatic rings. The summed E-state index contributed by atoms with van der Waals surface area (Å²) in [6.45, 7) is 3.78. The van der Waals surface area contributed by atoms with Crippen molar-refractivity contribution < 1.29 is 4.79 Å². The largest absolute Gasteiger partial charge is 0.397 e. The second-order valence-electron chi connectivity index (χ2n) is 7.80. The lowest BCUT2D eigenvalue weighted by atomic mass is 9.98. The first-order valence-corrected chi connectivity index (χ1v) is 9.64. The number of benzene rings is 2. The van der Waals surface area contributed by atoms with Gasteiger partial charge in [0.2, 0.25) is 0 Å². The third-order valence-corrected chi connectivity index (χ3v) is 5.53. The maximum atomic E-state index is 12.4. The van der Waals surface area contributed by atoms with Gasteiger partial charge in [-0.2, -0.15) is 0 Å². The smallest absolute Gasteiger partial charge is 0.255 e. The number of amides is 1. The SMILES string of the molecule is Nc1ccccc1NC(=O)c1ccc(CC2CCN(CC3CC3)C2)cc1. The van der Waals surface area contributed by atoms with Crippen LogP contribution in [0.4, 0.5) is 11.4 Å². The van der Waals surface area contributed by atoms with Crippen molar-refractivity contribution in [2.45, 2.75) is 25.7 Å². The van der Waals surface area contributed by atoms with Crippen LogP contribution in [0.2, 0.25) is 0 Å². The van der Waals surface area contributed by atoms with Gasteiger partial charge >= 0.3 is 0 Å². The Balaban J connectivity index is 1.31. The first-order chi connectivity index (χ1) is 12.7. The zero-order valence-electron chi connectivity index (χ0n) is 15.2. The van der Waals surface area contributed by atoms with Crippen LogP contribution in [-0.2, 0) is 6.42 Å². The molecule has 2 fully saturated rings. The molecule has 4 nitrogen and oxygen atoms in total. The second-order valence-corrected chi connectivity index (χ2v) is 7.80. The van der Waals surface area contributed by atoms with Crippen molar-refractivity contribution in [2.24, 2.45) is 11.8 Å². The van der Waals surface area contributed by atoms with Crippen molar-refractivity contribution in [3.63, 3.8) is 0 Å². The van der Waals surface area contributed by atoms with E-state index in [0.717, 1.165) is 18.3 Å². The molecule has 0 spiro atoms. The predicted octanol–water partition coefficient (Wildman–Crippen LogP) is 3.80. The topological polar surface area (TPSA) is 58.4 Å². The van der Waals surface area contributed by atoms with Crippen LogP contribution in [-0.4, -0.2) is 30.4 Å². The number of likely N-dealkylation sites (tertiary alicyclic amines) is 1. The summed E-state index contributed by atoms with van der Waals surface area (Å²) in [6.07, 6.45) is 5.26. The van der Waals surface area contributed by atoms with E-state index in [4.69, 9.17) is 5.73 Å². The summed E-state index contributed by atoms with van der Waals surface area (Å²) >= 11 is 0. The number of carbonyl (C=O) groups excluding carboxylic acids is 1. The van der Waals surface area contributed by atoms with Gasteiger partial charge in [0.1, 0.15) is 0 Å². The van der Waals surface area contributed by atoms with Gasteiger partial charge < -0.3 is 16.0 Å². The molecule has 0 bridgehead atoms. The van der Waals surface area contributed by atoms with Gasteiger partial charge in [0.25, 0.3) is 5.91 Å². The normalized spacial score (nSPS) is 20.2. The minimum atomic E-state index is -0.120. The van der Waals surface area contributed by atoms with E-state index < -0.39 is 0 Å². The minimum absolute atomic E-state index is 0.120. The molecule has 0 aromatic heterocycles. The number of nitrogens with zero attached hydrogens (tertiary/aromatic N) is 1. The molecular formula is C22H27N3O. The van der Waals surface area contributed by atoms with Crippen molar-refractivity contribution in [1.82, 2.24) is 4.90 Å². The molecule has 3 N–H and O–H groups in total. The molecule has 1 amide bonds. The molecule has 0 radical (unpaired) electrons. The zero-order chi connectivity index (χ0) is 17.9. The first kappa shape index (κ1) is 17.1. The third kappa shape index (κ3) is 4.25. The van der Waals surface area contributed by atoms with E-state index in [-0.39, 0.29) is 5.91 Å². The maximum absolute atomic E-state index is 12.4. The Bertz CT molecular complexity index is 767. The van der Waals surface area contributed by atoms with Crippen LogP contribution in [0.5, 0.6) is 0 Å². The Labute approximate surface area is 155 Å². The Morgan fingerprint density at radius 3 is 2.54 bits per heavy atom. The number of anilines is 2. The fourth-order valence-electron chi connectivity index (χ4n) is 3.84. The maximum Gasteiger partial charge on any atom is 0.255 e. The minimum Gasteiger partial charge on any atom is -0.397 e. The van der Waals surface area contributed by atoms with E-state index in [1.807, 2.05) is 30.3 Å². The molecule has 1 aliphatic heterocycles. The molecule has 1 aliphatic carbocycles. The Morgan fingerprint density at radius 1 is 1.04 bits per heavy atom. The van der Waals surface area contributed by atoms with Gasteiger partial charge in [-0.1, -0.05) is 24.3 Å². The Kier molecular flexibility index (Phi) is 4.93. The second kappa shape index (κ2) is 7.50. The van der Waals surface area contributed by atoms with E-state index in [1.54, 1.807) is 6.07 Å². The summed E-state index contributed by atoms with van der Waals surface area (Å²) in [5.74, 6) is 1.61. The summed E-state index contributed by atoms with van der Waals surface area (Å²) in [5, 5.41) is 2.88. The van der Waals surface area contributed by atoms with Crippen molar-refractivity contribution in [2.75, 3.05) is 30.7 Å². The monoisotopic (exact) mass is 349 g/mol. The number of rotatable bonds is 6. The Morgan fingerprint density at radius 2 is 1.81 bits per heavy atom. The number of hydrogen-bond donors (Lipinski definition) is 2. The van der Waals surface area contributed by atoms with Crippen molar-refractivity contribution in [1.29, 1.82) is 0 Å². The van der Waals surface area contributed by atoms with Crippen molar-refractivity contribution >= 4 is 17.3 Å². The van der Waals surface area contributed by atoms with Crippen LogP contribution in [0, 0.1) is 11.8 Å². The molecule has 26 heavy (non-hydrogen) atoms. The van der Waals surface area contributed by atoms with Gasteiger partial charge in [-0.15, -0.1) is 0 Å². The zero-order valence-corrected chi connectivity index (χ0v) is 15.2. The summed E-state index contributed by atoms with van der Waals surface area (Å²) in [4.78, 5) is 15.0. The van der Waals surface area contributed by atoms with Crippen LogP contribution in [0.1, 0.15) is 35.2 Å². The molecule has 1 atom stereocenters. The highest BCUT2D eigenvalue weighted by Gasteiger charge is 2.29. The number of hydrogen-bond acceptors (Lipinski definition) is 3. The molecule has 4 heteroatoms. The predicted molar refractivity (Wildman–Crippen MR) is 106 cm³/mol. The fraction of sp³-hybridized carbons (Fsp3) is 0.409. The summed E-state index contributed by atoms with van der Waals surface area (Å²) < 4.78 is 0. The number of nitrogen functional groups attached to an aromatic ring is 1. The number of nitrogens with two attached hydrogens (primary N) is 1. The van der Waals surface area contributed by atoms with Gasteiger partial charge in [0, 0.05) is 18.7 Å². The van der Waals surface area contributed by atoms with Crippen LogP contribution in [0.25, 0.3) is 0 Å². The van der Waals surface area contributed by atoms with Crippen molar-refractivity contribution in [3.05, 3.63) is 59.7 Å². The van der Waals surface area contributed by atoms with Crippen LogP contribution < -0.4 is 11.1 Å². The molecule has 1 saturated heterocycles. The molecular weight excluding hydrogens is 322 g/mol. The summed E-state index contributed by atoms with van der Waals surface area (Å²) in [5.41, 5.74) is 9.11. The van der Waals surface area contributed by atoms with Crippen LogP contribution in [0.15, 0.2) is 48.5 Å². The van der Waals surface area contributed by atoms with Crippen LogP contribution >= 0.6 is 0 Å². The van der Waals surface area contributed by atoms with E-state index in [0.29, 0.717) is 16.9 Å². The highest BCUT2D eigenvalue weighted by molar-refractivity contribution is 6.05. The number of carbonyl (C=O) groups is 1. The quantitative estimate of drug-likeness (QED) is 0.780. The first-order valence-electron chi connectivity index (χ1n) is 9.64. The molecule has 136 valence electrons. The fourth-order valence-corrected chi connectivity index (χ4v) is 3.84. The van der Waals surface area contributed by atoms with Gasteiger partial charge in [0.15, 0.2) is 0 Å². The molecule has 4 rings (SSSR count). The average molecular weight is 349 g/mol. The van der Waals surface area contributed by atoms with Gasteiger partial charge in [0.05, 0.1) is 11.4 Å². The number of nitrogens with one attached hydrogen (secondary N) is 1. The van der Waals surface area contributed by atoms with Crippen LogP contribution in [0.3, 0.4) is 0 Å². The third-order valence-electron chi connectivity index (χ3n) is 5.53. The highest BCUT2D eigenvalue weighted by Crippen LogP contribution is 2.32. The van der Waals surface area contributed by atoms with E-state index in [9.17, 15) is 4.79 Å². The number of para-hydroxylation sites is 2. The molecule has 2 aromatic carbocycles. The Hall–Kier alpha value is -2.33. The highest BCUT2D eigenvalue weighted by atomic mass is 16.1. The molecule has 2 aliphatic rings. The lowest BCUT2D eigenvalue weighted by molar-refractivity contribution is 0.102. The van der Waals surface area contributed by atoms with Gasteiger partial charge in [-0.3, -0.25) is 4.79 Å².